The third-order valence-electron chi connectivity index (χ3n) is 5.49. The van der Waals surface area contributed by atoms with Gasteiger partial charge in [0.15, 0.2) is 11.5 Å². The van der Waals surface area contributed by atoms with E-state index in [4.69, 9.17) is 14.5 Å². The van der Waals surface area contributed by atoms with Crippen LogP contribution in [0.3, 0.4) is 0 Å². The second-order valence-electron chi connectivity index (χ2n) is 7.84. The molecule has 2 aromatic carbocycles. The lowest BCUT2D eigenvalue weighted by Gasteiger charge is -2.13. The number of imidazole rings is 1. The van der Waals surface area contributed by atoms with E-state index in [-0.39, 0.29) is 11.8 Å². The third kappa shape index (κ3) is 5.08. The van der Waals surface area contributed by atoms with Crippen molar-refractivity contribution in [1.82, 2.24) is 14.9 Å². The van der Waals surface area contributed by atoms with Crippen molar-refractivity contribution in [3.63, 3.8) is 0 Å². The molecule has 0 bridgehead atoms. The predicted octanol–water partition coefficient (Wildman–Crippen LogP) is 4.27. The number of benzene rings is 2. The molecule has 0 aliphatic heterocycles. The van der Waals surface area contributed by atoms with Crippen LogP contribution in [0.25, 0.3) is 11.0 Å². The van der Waals surface area contributed by atoms with Crippen LogP contribution in [0.1, 0.15) is 30.7 Å². The summed E-state index contributed by atoms with van der Waals surface area (Å²) in [6, 6.07) is 14.0. The molecule has 1 heterocycles. The number of amides is 1. The highest BCUT2D eigenvalue weighted by Crippen LogP contribution is 2.29. The summed E-state index contributed by atoms with van der Waals surface area (Å²) >= 11 is 0. The van der Waals surface area contributed by atoms with Gasteiger partial charge in [-0.15, -0.1) is 6.58 Å². The zero-order valence-electron chi connectivity index (χ0n) is 18.0. The van der Waals surface area contributed by atoms with E-state index in [0.29, 0.717) is 13.2 Å². The molecule has 1 aromatic heterocycles. The maximum Gasteiger partial charge on any atom is 0.223 e. The highest BCUT2D eigenvalue weighted by atomic mass is 16.5. The lowest BCUT2D eigenvalue weighted by atomic mass is 10.1. The van der Waals surface area contributed by atoms with Crippen molar-refractivity contribution < 1.29 is 14.3 Å². The molecule has 1 aliphatic carbocycles. The Kier molecular flexibility index (Phi) is 6.55. The Balaban J connectivity index is 1.39. The summed E-state index contributed by atoms with van der Waals surface area (Å²) in [5, 5.41) is 3.03. The Bertz CT molecular complexity index is 1070. The van der Waals surface area contributed by atoms with Crippen LogP contribution >= 0.6 is 0 Å². The smallest absolute Gasteiger partial charge is 0.223 e. The molecule has 1 aliphatic rings. The van der Waals surface area contributed by atoms with Gasteiger partial charge in [0.05, 0.1) is 31.3 Å². The number of carbonyl (C=O) groups excluding carboxylic acids is 1. The van der Waals surface area contributed by atoms with E-state index in [1.54, 1.807) is 7.11 Å². The molecule has 1 N–H and O–H groups in total. The summed E-state index contributed by atoms with van der Waals surface area (Å²) in [5.74, 6) is 2.67. The average Bonchev–Trinajstić information content (AvgIpc) is 3.58. The fraction of sp³-hybridized carbons (Fsp3) is 0.360. The molecule has 4 rings (SSSR count). The second kappa shape index (κ2) is 9.69. The third-order valence-corrected chi connectivity index (χ3v) is 5.49. The number of rotatable bonds is 11. The normalized spacial score (nSPS) is 13.2. The monoisotopic (exact) mass is 419 g/mol. The molecule has 162 valence electrons. The van der Waals surface area contributed by atoms with Gasteiger partial charge in [-0.05, 0) is 55.5 Å². The largest absolute Gasteiger partial charge is 0.493 e. The lowest BCUT2D eigenvalue weighted by Crippen LogP contribution is -2.26. The highest BCUT2D eigenvalue weighted by Gasteiger charge is 2.29. The van der Waals surface area contributed by atoms with E-state index in [9.17, 15) is 4.79 Å². The number of ether oxygens (including phenoxy) is 2. The van der Waals surface area contributed by atoms with Crippen molar-refractivity contribution in [3.05, 3.63) is 66.5 Å². The number of methoxy groups -OCH3 is 1. The minimum Gasteiger partial charge on any atom is -0.493 e. The first kappa shape index (κ1) is 21.0. The first-order valence-corrected chi connectivity index (χ1v) is 10.8. The molecular weight excluding hydrogens is 390 g/mol. The Labute approximate surface area is 182 Å². The van der Waals surface area contributed by atoms with E-state index >= 15 is 0 Å². The van der Waals surface area contributed by atoms with Gasteiger partial charge in [0.25, 0.3) is 0 Å². The molecule has 1 fully saturated rings. The van der Waals surface area contributed by atoms with Gasteiger partial charge in [-0.3, -0.25) is 4.79 Å². The van der Waals surface area contributed by atoms with Gasteiger partial charge in [-0.2, -0.15) is 0 Å². The van der Waals surface area contributed by atoms with Crippen molar-refractivity contribution in [2.75, 3.05) is 13.7 Å². The molecule has 0 saturated heterocycles. The number of nitrogens with one attached hydrogen (secondary N) is 1. The maximum absolute atomic E-state index is 12.1. The van der Waals surface area contributed by atoms with Crippen molar-refractivity contribution in [2.45, 2.75) is 38.8 Å². The molecule has 0 unspecified atom stereocenters. The number of fused-ring (bicyclic) bond motifs is 1. The summed E-state index contributed by atoms with van der Waals surface area (Å²) in [7, 11) is 1.65. The van der Waals surface area contributed by atoms with E-state index in [0.717, 1.165) is 66.1 Å². The fourth-order valence-electron chi connectivity index (χ4n) is 3.70. The van der Waals surface area contributed by atoms with Gasteiger partial charge in [-0.25, -0.2) is 4.98 Å². The quantitative estimate of drug-likeness (QED) is 0.372. The number of para-hydroxylation sites is 2. The van der Waals surface area contributed by atoms with Crippen molar-refractivity contribution in [3.8, 4) is 11.5 Å². The Morgan fingerprint density at radius 2 is 2.10 bits per heavy atom. The zero-order valence-corrected chi connectivity index (χ0v) is 18.0. The Morgan fingerprint density at radius 1 is 1.26 bits per heavy atom. The van der Waals surface area contributed by atoms with Crippen molar-refractivity contribution in [2.24, 2.45) is 5.92 Å². The maximum atomic E-state index is 12.1. The van der Waals surface area contributed by atoms with Crippen LogP contribution in [0.15, 0.2) is 55.1 Å². The number of carbonyl (C=O) groups is 1. The first-order chi connectivity index (χ1) is 15.2. The molecule has 0 radical (unpaired) electrons. The summed E-state index contributed by atoms with van der Waals surface area (Å²) in [6.07, 6.45) is 5.47. The molecule has 31 heavy (non-hydrogen) atoms. The van der Waals surface area contributed by atoms with E-state index in [2.05, 4.69) is 22.5 Å². The summed E-state index contributed by atoms with van der Waals surface area (Å²) in [4.78, 5) is 16.8. The van der Waals surface area contributed by atoms with E-state index in [1.807, 2.05) is 42.5 Å². The molecular formula is C25H29N3O3. The average molecular weight is 420 g/mol. The van der Waals surface area contributed by atoms with Gasteiger partial charge in [0, 0.05) is 12.5 Å². The molecule has 1 amide bonds. The number of hydrogen-bond donors (Lipinski definition) is 1. The number of aryl methyl sites for hydroxylation is 1. The van der Waals surface area contributed by atoms with Gasteiger partial charge >= 0.3 is 0 Å². The van der Waals surface area contributed by atoms with Gasteiger partial charge in [0.2, 0.25) is 5.91 Å². The predicted molar refractivity (Wildman–Crippen MR) is 121 cm³/mol. The Hall–Kier alpha value is -3.28. The summed E-state index contributed by atoms with van der Waals surface area (Å²) in [6.45, 7) is 5.54. The van der Waals surface area contributed by atoms with Crippen LogP contribution in [0.2, 0.25) is 0 Å². The SMILES string of the molecule is C=CCc1ccc(OCCCn2c(CNC(=O)C3CC3)nc3ccccc32)c(OC)c1. The number of hydrogen-bond acceptors (Lipinski definition) is 4. The van der Waals surface area contributed by atoms with E-state index < -0.39 is 0 Å². The van der Waals surface area contributed by atoms with Crippen LogP contribution in [0.4, 0.5) is 0 Å². The van der Waals surface area contributed by atoms with Gasteiger partial charge in [0.1, 0.15) is 5.82 Å². The molecule has 3 aromatic rings. The van der Waals surface area contributed by atoms with Gasteiger partial charge < -0.3 is 19.4 Å². The highest BCUT2D eigenvalue weighted by molar-refractivity contribution is 5.81. The van der Waals surface area contributed by atoms with Crippen LogP contribution in [0, 0.1) is 5.92 Å². The fourth-order valence-corrected chi connectivity index (χ4v) is 3.70. The molecule has 0 spiro atoms. The minimum atomic E-state index is 0.133. The molecule has 6 heteroatoms. The van der Waals surface area contributed by atoms with Crippen LogP contribution in [-0.4, -0.2) is 29.2 Å². The van der Waals surface area contributed by atoms with Crippen molar-refractivity contribution >= 4 is 16.9 Å². The Morgan fingerprint density at radius 3 is 2.87 bits per heavy atom. The summed E-state index contributed by atoms with van der Waals surface area (Å²) < 4.78 is 13.6. The zero-order chi connectivity index (χ0) is 21.6. The molecule has 1 saturated carbocycles. The molecule has 6 nitrogen and oxygen atoms in total. The van der Waals surface area contributed by atoms with Crippen LogP contribution < -0.4 is 14.8 Å². The standard InChI is InChI=1S/C25H29N3O3/c1-3-7-18-10-13-22(23(16-18)30-2)31-15-6-14-28-21-9-5-4-8-20(21)27-24(28)17-26-25(29)19-11-12-19/h3-5,8-10,13,16,19H,1,6-7,11-12,14-15,17H2,2H3,(H,26,29). The van der Waals surface area contributed by atoms with E-state index in [1.165, 1.54) is 0 Å². The number of allylic oxidation sites excluding steroid dienone is 1. The summed E-state index contributed by atoms with van der Waals surface area (Å²) in [5.41, 5.74) is 3.16. The van der Waals surface area contributed by atoms with Crippen molar-refractivity contribution in [1.29, 1.82) is 0 Å². The van der Waals surface area contributed by atoms with Gasteiger partial charge in [-0.1, -0.05) is 24.3 Å². The lowest BCUT2D eigenvalue weighted by molar-refractivity contribution is -0.122. The second-order valence-corrected chi connectivity index (χ2v) is 7.84. The minimum absolute atomic E-state index is 0.133. The van der Waals surface area contributed by atoms with Crippen LogP contribution in [0.5, 0.6) is 11.5 Å². The van der Waals surface area contributed by atoms with Crippen LogP contribution in [-0.2, 0) is 24.3 Å². The molecule has 0 atom stereocenters. The number of aromatic nitrogens is 2. The first-order valence-electron chi connectivity index (χ1n) is 10.8. The number of nitrogens with zero attached hydrogens (tertiary/aromatic N) is 2. The topological polar surface area (TPSA) is 65.4 Å².